The highest BCUT2D eigenvalue weighted by molar-refractivity contribution is 7.20. The van der Waals surface area contributed by atoms with E-state index in [-0.39, 0.29) is 18.2 Å². The number of thiophene rings is 1. The number of hydrogen-bond donors (Lipinski definition) is 1. The van der Waals surface area contributed by atoms with Gasteiger partial charge in [0, 0.05) is 18.0 Å². The molecule has 0 spiro atoms. The molecule has 166 valence electrons. The number of hydrogen-bond acceptors (Lipinski definition) is 5. The number of benzene rings is 2. The van der Waals surface area contributed by atoms with Crippen LogP contribution >= 0.6 is 11.3 Å². The van der Waals surface area contributed by atoms with Crippen molar-refractivity contribution < 1.29 is 19.1 Å². The first-order valence-electron chi connectivity index (χ1n) is 10.6. The van der Waals surface area contributed by atoms with E-state index >= 15 is 0 Å². The van der Waals surface area contributed by atoms with Crippen LogP contribution < -0.4 is 10.1 Å². The average Bonchev–Trinajstić information content (AvgIpc) is 3.15. The van der Waals surface area contributed by atoms with Gasteiger partial charge in [0.15, 0.2) is 0 Å². The first kappa shape index (κ1) is 22.0. The fourth-order valence-corrected chi connectivity index (χ4v) is 5.01. The molecule has 7 heteroatoms. The quantitative estimate of drug-likeness (QED) is 0.605. The molecule has 0 radical (unpaired) electrons. The predicted molar refractivity (Wildman–Crippen MR) is 127 cm³/mol. The lowest BCUT2D eigenvalue weighted by molar-refractivity contribution is -0.115. The van der Waals surface area contributed by atoms with Crippen LogP contribution in [0.25, 0.3) is 10.4 Å². The third-order valence-corrected chi connectivity index (χ3v) is 6.70. The third kappa shape index (κ3) is 4.84. The second kappa shape index (κ2) is 9.97. The summed E-state index contributed by atoms with van der Waals surface area (Å²) in [5.41, 5.74) is 3.32. The van der Waals surface area contributed by atoms with Crippen molar-refractivity contribution in [3.8, 4) is 16.2 Å². The number of nitrogens with zero attached hydrogens (tertiary/aromatic N) is 1. The molecule has 4 rings (SSSR count). The Morgan fingerprint density at radius 1 is 1.09 bits per heavy atom. The Labute approximate surface area is 191 Å². The SMILES string of the molecule is COc1cccc(CC(=O)Nc2sc(-c3ccccc3)c(C)c2C(=O)N2CCOCC2)c1. The van der Waals surface area contributed by atoms with E-state index in [1.54, 1.807) is 12.0 Å². The zero-order chi connectivity index (χ0) is 22.5. The van der Waals surface area contributed by atoms with Crippen molar-refractivity contribution in [2.24, 2.45) is 0 Å². The molecule has 0 aliphatic carbocycles. The number of morpholine rings is 1. The van der Waals surface area contributed by atoms with Crippen LogP contribution in [0.4, 0.5) is 5.00 Å². The molecule has 3 aromatic rings. The fourth-order valence-electron chi connectivity index (χ4n) is 3.79. The second-order valence-electron chi connectivity index (χ2n) is 7.61. The van der Waals surface area contributed by atoms with Crippen LogP contribution in [-0.2, 0) is 16.0 Å². The first-order chi connectivity index (χ1) is 15.6. The van der Waals surface area contributed by atoms with Gasteiger partial charge >= 0.3 is 0 Å². The maximum absolute atomic E-state index is 13.4. The summed E-state index contributed by atoms with van der Waals surface area (Å²) in [6.07, 6.45) is 0.194. The van der Waals surface area contributed by atoms with Gasteiger partial charge in [-0.3, -0.25) is 9.59 Å². The van der Waals surface area contributed by atoms with Gasteiger partial charge in [-0.1, -0.05) is 42.5 Å². The summed E-state index contributed by atoms with van der Waals surface area (Å²) in [4.78, 5) is 29.1. The molecule has 1 saturated heterocycles. The summed E-state index contributed by atoms with van der Waals surface area (Å²) < 4.78 is 10.6. The van der Waals surface area contributed by atoms with Crippen LogP contribution in [0, 0.1) is 6.92 Å². The van der Waals surface area contributed by atoms with Gasteiger partial charge < -0.3 is 19.7 Å². The highest BCUT2D eigenvalue weighted by atomic mass is 32.1. The third-order valence-electron chi connectivity index (χ3n) is 5.45. The van der Waals surface area contributed by atoms with Gasteiger partial charge in [-0.15, -0.1) is 11.3 Å². The molecule has 2 aromatic carbocycles. The number of methoxy groups -OCH3 is 1. The van der Waals surface area contributed by atoms with E-state index in [1.807, 2.05) is 61.5 Å². The van der Waals surface area contributed by atoms with E-state index in [0.29, 0.717) is 42.6 Å². The predicted octanol–water partition coefficient (Wildman–Crippen LogP) is 4.39. The van der Waals surface area contributed by atoms with Crippen molar-refractivity contribution in [2.75, 3.05) is 38.7 Å². The Morgan fingerprint density at radius 2 is 1.84 bits per heavy atom. The smallest absolute Gasteiger partial charge is 0.257 e. The van der Waals surface area contributed by atoms with Crippen molar-refractivity contribution >= 4 is 28.2 Å². The highest BCUT2D eigenvalue weighted by Crippen LogP contribution is 2.40. The molecule has 0 bridgehead atoms. The van der Waals surface area contributed by atoms with Crippen LogP contribution in [0.1, 0.15) is 21.5 Å². The van der Waals surface area contributed by atoms with Gasteiger partial charge in [0.1, 0.15) is 10.8 Å². The fraction of sp³-hybridized carbons (Fsp3) is 0.280. The zero-order valence-corrected chi connectivity index (χ0v) is 19.0. The minimum atomic E-state index is -0.171. The number of carbonyl (C=O) groups excluding carboxylic acids is 2. The number of ether oxygens (including phenoxy) is 2. The van der Waals surface area contributed by atoms with Crippen molar-refractivity contribution in [3.63, 3.8) is 0 Å². The molecule has 0 saturated carbocycles. The van der Waals surface area contributed by atoms with Crippen molar-refractivity contribution in [3.05, 3.63) is 71.3 Å². The Balaban J connectivity index is 1.64. The van der Waals surface area contributed by atoms with Gasteiger partial charge in [0.2, 0.25) is 5.91 Å². The van der Waals surface area contributed by atoms with Crippen molar-refractivity contribution in [1.82, 2.24) is 4.90 Å². The molecular formula is C25H26N2O4S. The van der Waals surface area contributed by atoms with Gasteiger partial charge in [0.25, 0.3) is 5.91 Å². The zero-order valence-electron chi connectivity index (χ0n) is 18.2. The standard InChI is InChI=1S/C25H26N2O4S/c1-17-22(25(29)27-11-13-31-14-12-27)24(32-23(17)19-8-4-3-5-9-19)26-21(28)16-18-7-6-10-20(15-18)30-2/h3-10,15H,11-14,16H2,1-2H3,(H,26,28). The first-order valence-corrected chi connectivity index (χ1v) is 11.4. The Kier molecular flexibility index (Phi) is 6.87. The number of rotatable bonds is 6. The summed E-state index contributed by atoms with van der Waals surface area (Å²) in [5.74, 6) is 0.466. The summed E-state index contributed by atoms with van der Waals surface area (Å²) in [5, 5.41) is 3.60. The van der Waals surface area contributed by atoms with Crippen LogP contribution in [0.15, 0.2) is 54.6 Å². The van der Waals surface area contributed by atoms with E-state index in [9.17, 15) is 9.59 Å². The Bertz CT molecular complexity index is 1100. The van der Waals surface area contributed by atoms with E-state index in [1.165, 1.54) is 11.3 Å². The maximum atomic E-state index is 13.4. The highest BCUT2D eigenvalue weighted by Gasteiger charge is 2.28. The van der Waals surface area contributed by atoms with E-state index in [2.05, 4.69) is 5.32 Å². The van der Waals surface area contributed by atoms with Crippen molar-refractivity contribution in [2.45, 2.75) is 13.3 Å². The molecular weight excluding hydrogens is 424 g/mol. The van der Waals surface area contributed by atoms with Gasteiger partial charge in [-0.2, -0.15) is 0 Å². The maximum Gasteiger partial charge on any atom is 0.257 e. The van der Waals surface area contributed by atoms with E-state index in [0.717, 1.165) is 21.6 Å². The van der Waals surface area contributed by atoms with Gasteiger partial charge in [-0.05, 0) is 35.7 Å². The van der Waals surface area contributed by atoms with Crippen LogP contribution in [0.2, 0.25) is 0 Å². The summed E-state index contributed by atoms with van der Waals surface area (Å²) >= 11 is 1.44. The van der Waals surface area contributed by atoms with Crippen LogP contribution in [0.5, 0.6) is 5.75 Å². The van der Waals surface area contributed by atoms with Crippen LogP contribution in [-0.4, -0.2) is 50.1 Å². The van der Waals surface area contributed by atoms with Crippen molar-refractivity contribution in [1.29, 1.82) is 0 Å². The molecule has 0 unspecified atom stereocenters. The molecule has 1 aliphatic rings. The average molecular weight is 451 g/mol. The minimum Gasteiger partial charge on any atom is -0.497 e. The number of amides is 2. The van der Waals surface area contributed by atoms with E-state index < -0.39 is 0 Å². The second-order valence-corrected chi connectivity index (χ2v) is 8.63. The molecule has 0 atom stereocenters. The molecule has 6 nitrogen and oxygen atoms in total. The molecule has 1 fully saturated rings. The van der Waals surface area contributed by atoms with E-state index in [4.69, 9.17) is 9.47 Å². The molecule has 1 aromatic heterocycles. The van der Waals surface area contributed by atoms with Gasteiger partial charge in [0.05, 0.1) is 32.3 Å². The lowest BCUT2D eigenvalue weighted by Crippen LogP contribution is -2.41. The monoisotopic (exact) mass is 450 g/mol. The Morgan fingerprint density at radius 3 is 2.56 bits per heavy atom. The Hall–Kier alpha value is -3.16. The molecule has 2 amide bonds. The number of nitrogens with one attached hydrogen (secondary N) is 1. The largest absolute Gasteiger partial charge is 0.497 e. The summed E-state index contributed by atoms with van der Waals surface area (Å²) in [7, 11) is 1.60. The summed E-state index contributed by atoms with van der Waals surface area (Å²) in [6.45, 7) is 4.10. The van der Waals surface area contributed by atoms with Crippen LogP contribution in [0.3, 0.4) is 0 Å². The lowest BCUT2D eigenvalue weighted by Gasteiger charge is -2.27. The molecule has 1 aliphatic heterocycles. The normalized spacial score (nSPS) is 13.6. The topological polar surface area (TPSA) is 67.9 Å². The minimum absolute atomic E-state index is 0.0686. The number of carbonyl (C=O) groups is 2. The lowest BCUT2D eigenvalue weighted by atomic mass is 10.1. The summed E-state index contributed by atoms with van der Waals surface area (Å²) in [6, 6.07) is 17.4. The molecule has 32 heavy (non-hydrogen) atoms. The molecule has 2 heterocycles. The number of anilines is 1. The van der Waals surface area contributed by atoms with Gasteiger partial charge in [-0.25, -0.2) is 0 Å². The molecule has 1 N–H and O–H groups in total.